The number of hydrogen-bond acceptors (Lipinski definition) is 3. The van der Waals surface area contributed by atoms with Crippen LogP contribution in [0.25, 0.3) is 0 Å². The van der Waals surface area contributed by atoms with Crippen molar-refractivity contribution in [2.45, 2.75) is 42.9 Å². The van der Waals surface area contributed by atoms with Crippen LogP contribution >= 0.6 is 11.8 Å². The molecule has 0 atom stereocenters. The number of carbonyl (C=O) groups is 1. The molecule has 0 spiro atoms. The van der Waals surface area contributed by atoms with Gasteiger partial charge in [0.15, 0.2) is 5.78 Å². The Morgan fingerprint density at radius 3 is 2.05 bits per heavy atom. The summed E-state index contributed by atoms with van der Waals surface area (Å²) < 4.78 is 0. The summed E-state index contributed by atoms with van der Waals surface area (Å²) in [5.41, 5.74) is 2.01. The molecule has 0 fully saturated rings. The molecule has 20 heavy (non-hydrogen) atoms. The van der Waals surface area contributed by atoms with Crippen LogP contribution in [0.3, 0.4) is 0 Å². The number of aromatic nitrogens is 1. The third kappa shape index (κ3) is 3.70. The fraction of sp³-hybridized carbons (Fsp3) is 0.294. The molecule has 2 rings (SSSR count). The first-order valence-corrected chi connectivity index (χ1v) is 7.43. The van der Waals surface area contributed by atoms with Gasteiger partial charge in [-0.3, -0.25) is 9.78 Å². The third-order valence-corrected chi connectivity index (χ3v) is 4.04. The highest BCUT2D eigenvalue weighted by molar-refractivity contribution is 7.99. The van der Waals surface area contributed by atoms with Crippen molar-refractivity contribution >= 4 is 17.5 Å². The highest BCUT2D eigenvalue weighted by Crippen LogP contribution is 2.29. The van der Waals surface area contributed by atoms with E-state index in [1.165, 1.54) is 17.4 Å². The number of pyridine rings is 1. The minimum absolute atomic E-state index is 0.00363. The highest BCUT2D eigenvalue weighted by atomic mass is 32.2. The maximum Gasteiger partial charge on any atom is 0.178 e. The fourth-order valence-electron chi connectivity index (χ4n) is 1.81. The van der Waals surface area contributed by atoms with E-state index in [0.717, 1.165) is 4.90 Å². The van der Waals surface area contributed by atoms with Gasteiger partial charge in [0.2, 0.25) is 0 Å². The van der Waals surface area contributed by atoms with Crippen molar-refractivity contribution in [3.63, 3.8) is 0 Å². The van der Waals surface area contributed by atoms with Gasteiger partial charge in [-0.1, -0.05) is 44.7 Å². The van der Waals surface area contributed by atoms with Crippen LogP contribution in [0.4, 0.5) is 0 Å². The Morgan fingerprint density at radius 1 is 1.00 bits per heavy atom. The molecule has 0 aliphatic carbocycles. The lowest BCUT2D eigenvalue weighted by molar-refractivity contribution is 0.101. The molecule has 2 nitrogen and oxygen atoms in total. The van der Waals surface area contributed by atoms with E-state index in [2.05, 4.69) is 50.0 Å². The summed E-state index contributed by atoms with van der Waals surface area (Å²) in [5.74, 6) is -0.00363. The third-order valence-electron chi connectivity index (χ3n) is 3.05. The second kappa shape index (κ2) is 5.80. The van der Waals surface area contributed by atoms with E-state index in [9.17, 15) is 4.79 Å². The molecule has 0 radical (unpaired) electrons. The topological polar surface area (TPSA) is 30.0 Å². The van der Waals surface area contributed by atoms with Gasteiger partial charge in [0.1, 0.15) is 5.69 Å². The molecule has 0 amide bonds. The number of nitrogens with zero attached hydrogens (tertiary/aromatic N) is 1. The Kier molecular flexibility index (Phi) is 4.29. The van der Waals surface area contributed by atoms with Gasteiger partial charge in [-0.05, 0) is 35.2 Å². The zero-order valence-electron chi connectivity index (χ0n) is 12.3. The van der Waals surface area contributed by atoms with E-state index >= 15 is 0 Å². The number of rotatable bonds is 3. The van der Waals surface area contributed by atoms with Crippen molar-refractivity contribution < 1.29 is 4.79 Å². The maximum absolute atomic E-state index is 11.2. The maximum atomic E-state index is 11.2. The average Bonchev–Trinajstić information content (AvgIpc) is 2.39. The second-order valence-electron chi connectivity index (χ2n) is 5.81. The first-order valence-electron chi connectivity index (χ1n) is 6.61. The van der Waals surface area contributed by atoms with E-state index in [-0.39, 0.29) is 11.2 Å². The largest absolute Gasteiger partial charge is 0.293 e. The summed E-state index contributed by atoms with van der Waals surface area (Å²) in [6, 6.07) is 12.3. The molecular formula is C17H19NOS. The molecule has 0 N–H and O–H groups in total. The Bertz CT molecular complexity index is 594. The lowest BCUT2D eigenvalue weighted by atomic mass is 9.87. The average molecular weight is 285 g/mol. The summed E-state index contributed by atoms with van der Waals surface area (Å²) in [5, 5.41) is 0. The van der Waals surface area contributed by atoms with Gasteiger partial charge in [0, 0.05) is 22.9 Å². The van der Waals surface area contributed by atoms with E-state index < -0.39 is 0 Å². The molecule has 0 aliphatic rings. The molecule has 1 aromatic carbocycles. The van der Waals surface area contributed by atoms with Crippen molar-refractivity contribution in [2.24, 2.45) is 0 Å². The van der Waals surface area contributed by atoms with Gasteiger partial charge in [0.25, 0.3) is 0 Å². The predicted molar refractivity (Wildman–Crippen MR) is 83.5 cm³/mol. The van der Waals surface area contributed by atoms with Crippen LogP contribution < -0.4 is 0 Å². The van der Waals surface area contributed by atoms with Crippen LogP contribution in [0.2, 0.25) is 0 Å². The predicted octanol–water partition coefficient (Wildman–Crippen LogP) is 4.73. The Labute approximate surface area is 124 Å². The standard InChI is InChI=1S/C17H19NOS/c1-12(19)16-10-9-15(11-18-16)20-14-7-5-13(6-8-14)17(2,3)4/h5-11H,1-4H3. The summed E-state index contributed by atoms with van der Waals surface area (Å²) in [4.78, 5) is 17.6. The molecule has 0 saturated heterocycles. The minimum atomic E-state index is -0.00363. The molecule has 0 unspecified atom stereocenters. The Hall–Kier alpha value is -1.61. The van der Waals surface area contributed by atoms with Crippen LogP contribution in [0.1, 0.15) is 43.7 Å². The Morgan fingerprint density at radius 2 is 1.60 bits per heavy atom. The van der Waals surface area contributed by atoms with E-state index in [4.69, 9.17) is 0 Å². The number of hydrogen-bond donors (Lipinski definition) is 0. The van der Waals surface area contributed by atoms with Crippen molar-refractivity contribution in [1.29, 1.82) is 0 Å². The summed E-state index contributed by atoms with van der Waals surface area (Å²) in [6.45, 7) is 8.15. The lowest BCUT2D eigenvalue weighted by Crippen LogP contribution is -2.10. The van der Waals surface area contributed by atoms with E-state index in [1.807, 2.05) is 6.07 Å². The van der Waals surface area contributed by atoms with Crippen LogP contribution in [-0.2, 0) is 5.41 Å². The molecular weight excluding hydrogens is 266 g/mol. The molecule has 2 aromatic rings. The molecule has 0 saturated carbocycles. The van der Waals surface area contributed by atoms with Crippen LogP contribution in [0, 0.1) is 0 Å². The summed E-state index contributed by atoms with van der Waals surface area (Å²) >= 11 is 1.65. The monoisotopic (exact) mass is 285 g/mol. The van der Waals surface area contributed by atoms with Crippen LogP contribution in [0.15, 0.2) is 52.4 Å². The number of carbonyl (C=O) groups excluding carboxylic acids is 1. The molecule has 0 aliphatic heterocycles. The van der Waals surface area contributed by atoms with Gasteiger partial charge < -0.3 is 0 Å². The van der Waals surface area contributed by atoms with Gasteiger partial charge in [-0.25, -0.2) is 0 Å². The normalized spacial score (nSPS) is 11.4. The molecule has 3 heteroatoms. The van der Waals surface area contributed by atoms with Gasteiger partial charge in [0.05, 0.1) is 0 Å². The molecule has 104 valence electrons. The minimum Gasteiger partial charge on any atom is -0.293 e. The van der Waals surface area contributed by atoms with E-state index in [0.29, 0.717) is 5.69 Å². The SMILES string of the molecule is CC(=O)c1ccc(Sc2ccc(C(C)(C)C)cc2)cn1. The van der Waals surface area contributed by atoms with Crippen molar-refractivity contribution in [1.82, 2.24) is 4.98 Å². The smallest absolute Gasteiger partial charge is 0.178 e. The van der Waals surface area contributed by atoms with Gasteiger partial charge in [-0.2, -0.15) is 0 Å². The second-order valence-corrected chi connectivity index (χ2v) is 6.96. The van der Waals surface area contributed by atoms with Gasteiger partial charge >= 0.3 is 0 Å². The first kappa shape index (κ1) is 14.8. The van der Waals surface area contributed by atoms with Crippen molar-refractivity contribution in [2.75, 3.05) is 0 Å². The zero-order valence-corrected chi connectivity index (χ0v) is 13.1. The number of ketones is 1. The summed E-state index contributed by atoms with van der Waals surface area (Å²) in [6.07, 6.45) is 1.75. The van der Waals surface area contributed by atoms with Crippen LogP contribution in [0.5, 0.6) is 0 Å². The lowest BCUT2D eigenvalue weighted by Gasteiger charge is -2.19. The van der Waals surface area contributed by atoms with Gasteiger partial charge in [-0.15, -0.1) is 0 Å². The highest BCUT2D eigenvalue weighted by Gasteiger charge is 2.13. The zero-order chi connectivity index (χ0) is 14.8. The van der Waals surface area contributed by atoms with Crippen molar-refractivity contribution in [3.8, 4) is 0 Å². The molecule has 0 bridgehead atoms. The van der Waals surface area contributed by atoms with Crippen molar-refractivity contribution in [3.05, 3.63) is 53.9 Å². The molecule has 1 heterocycles. The first-order chi connectivity index (χ1) is 9.36. The number of Topliss-reactive ketones (excluding diaryl/α,β-unsaturated/α-hetero) is 1. The Balaban J connectivity index is 2.12. The summed E-state index contributed by atoms with van der Waals surface area (Å²) in [7, 11) is 0. The quantitative estimate of drug-likeness (QED) is 0.763. The number of benzene rings is 1. The molecule has 1 aromatic heterocycles. The van der Waals surface area contributed by atoms with E-state index in [1.54, 1.807) is 24.0 Å². The van der Waals surface area contributed by atoms with Crippen LogP contribution in [-0.4, -0.2) is 10.8 Å². The fourth-order valence-corrected chi connectivity index (χ4v) is 2.59.